The molecule has 1 atom stereocenters. The van der Waals surface area contributed by atoms with E-state index in [-0.39, 0.29) is 18.6 Å². The Balaban J connectivity index is 2.81. The van der Waals surface area contributed by atoms with Gasteiger partial charge in [-0.3, -0.25) is 14.4 Å². The number of amides is 2. The van der Waals surface area contributed by atoms with Gasteiger partial charge in [0.15, 0.2) is 9.84 Å². The normalized spacial score (nSPS) is 17.3. The summed E-state index contributed by atoms with van der Waals surface area (Å²) in [7, 11) is -3.40. The molecule has 1 unspecified atom stereocenters. The summed E-state index contributed by atoms with van der Waals surface area (Å²) in [6, 6.07) is 0. The Morgan fingerprint density at radius 2 is 1.78 bits per heavy atom. The van der Waals surface area contributed by atoms with Crippen LogP contribution < -0.4 is 0 Å². The molecule has 9 heteroatoms. The number of rotatable bonds is 7. The van der Waals surface area contributed by atoms with E-state index in [1.54, 1.807) is 13.8 Å². The zero-order valence-electron chi connectivity index (χ0n) is 13.8. The average Bonchev–Trinajstić information content (AvgIpc) is 2.68. The number of sulfone groups is 1. The van der Waals surface area contributed by atoms with Crippen molar-refractivity contribution in [3.05, 3.63) is 0 Å². The maximum absolute atomic E-state index is 11.9. The standard InChI is InChI=1S/C14H23NO7S/c1-5-8-14(2,3)10(9-23(4,19)20)21-13(18)22-15-11(16)6-7-12(15)17/h10H,5-9H2,1-4H3. The summed E-state index contributed by atoms with van der Waals surface area (Å²) in [4.78, 5) is 39.3. The third kappa shape index (κ3) is 5.81. The van der Waals surface area contributed by atoms with Gasteiger partial charge in [-0.1, -0.05) is 32.3 Å². The number of nitrogens with zero attached hydrogens (tertiary/aromatic N) is 1. The largest absolute Gasteiger partial charge is 0.534 e. The van der Waals surface area contributed by atoms with E-state index in [1.807, 2.05) is 6.92 Å². The van der Waals surface area contributed by atoms with E-state index in [2.05, 4.69) is 4.84 Å². The van der Waals surface area contributed by atoms with Gasteiger partial charge in [-0.05, 0) is 6.42 Å². The zero-order chi connectivity index (χ0) is 17.8. The lowest BCUT2D eigenvalue weighted by Gasteiger charge is -2.33. The van der Waals surface area contributed by atoms with Crippen LogP contribution in [0.25, 0.3) is 0 Å². The minimum Gasteiger partial charge on any atom is -0.428 e. The Hall–Kier alpha value is -1.64. The van der Waals surface area contributed by atoms with E-state index in [9.17, 15) is 22.8 Å². The number of hydrogen-bond donors (Lipinski definition) is 0. The van der Waals surface area contributed by atoms with Crippen molar-refractivity contribution >= 4 is 27.8 Å². The Labute approximate surface area is 136 Å². The number of hydroxylamine groups is 2. The number of hydrogen-bond acceptors (Lipinski definition) is 7. The molecule has 132 valence electrons. The van der Waals surface area contributed by atoms with Crippen LogP contribution in [0.3, 0.4) is 0 Å². The van der Waals surface area contributed by atoms with Crippen molar-refractivity contribution in [2.75, 3.05) is 12.0 Å². The van der Waals surface area contributed by atoms with Crippen LogP contribution in [-0.2, 0) is 29.0 Å². The van der Waals surface area contributed by atoms with Gasteiger partial charge in [-0.25, -0.2) is 13.2 Å². The van der Waals surface area contributed by atoms with Gasteiger partial charge in [0.05, 0.1) is 5.75 Å². The van der Waals surface area contributed by atoms with Gasteiger partial charge < -0.3 is 4.74 Å². The molecule has 2 amide bonds. The highest BCUT2D eigenvalue weighted by molar-refractivity contribution is 7.90. The summed E-state index contributed by atoms with van der Waals surface area (Å²) in [5.74, 6) is -1.62. The minimum absolute atomic E-state index is 0.0276. The van der Waals surface area contributed by atoms with E-state index < -0.39 is 39.3 Å². The summed E-state index contributed by atoms with van der Waals surface area (Å²) in [5.41, 5.74) is -0.601. The fourth-order valence-electron chi connectivity index (χ4n) is 2.37. The molecule has 0 aliphatic carbocycles. The van der Waals surface area contributed by atoms with Crippen molar-refractivity contribution < 1.29 is 32.4 Å². The van der Waals surface area contributed by atoms with E-state index in [1.165, 1.54) is 0 Å². The first kappa shape index (κ1) is 19.4. The molecule has 0 aromatic rings. The van der Waals surface area contributed by atoms with Crippen LogP contribution in [-0.4, -0.2) is 49.6 Å². The molecule has 0 N–H and O–H groups in total. The van der Waals surface area contributed by atoms with Crippen molar-refractivity contribution in [3.8, 4) is 0 Å². The van der Waals surface area contributed by atoms with Gasteiger partial charge in [-0.15, -0.1) is 0 Å². The number of imide groups is 1. The zero-order valence-corrected chi connectivity index (χ0v) is 14.6. The molecular formula is C14H23NO7S. The smallest absolute Gasteiger partial charge is 0.428 e. The molecule has 0 radical (unpaired) electrons. The van der Waals surface area contributed by atoms with E-state index in [0.29, 0.717) is 11.5 Å². The fraction of sp³-hybridized carbons (Fsp3) is 0.786. The summed E-state index contributed by atoms with van der Waals surface area (Å²) in [6.45, 7) is 5.50. The molecule has 0 aromatic carbocycles. The lowest BCUT2D eigenvalue weighted by molar-refractivity contribution is -0.179. The maximum Gasteiger partial charge on any atom is 0.534 e. The van der Waals surface area contributed by atoms with E-state index in [4.69, 9.17) is 4.74 Å². The van der Waals surface area contributed by atoms with Crippen LogP contribution in [0.1, 0.15) is 46.5 Å². The second-order valence-electron chi connectivity index (χ2n) is 6.36. The monoisotopic (exact) mass is 349 g/mol. The molecule has 8 nitrogen and oxygen atoms in total. The van der Waals surface area contributed by atoms with Crippen molar-refractivity contribution in [1.82, 2.24) is 5.06 Å². The van der Waals surface area contributed by atoms with Crippen LogP contribution in [0.2, 0.25) is 0 Å². The third-order valence-corrected chi connectivity index (χ3v) is 4.54. The summed E-state index contributed by atoms with van der Waals surface area (Å²) in [5, 5.41) is 0.368. The quantitative estimate of drug-likeness (QED) is 0.505. The summed E-state index contributed by atoms with van der Waals surface area (Å²) < 4.78 is 28.3. The molecule has 1 fully saturated rings. The Morgan fingerprint density at radius 1 is 1.26 bits per heavy atom. The number of ether oxygens (including phenoxy) is 1. The summed E-state index contributed by atoms with van der Waals surface area (Å²) >= 11 is 0. The molecule has 0 saturated carbocycles. The second-order valence-corrected chi connectivity index (χ2v) is 8.55. The van der Waals surface area contributed by atoms with Gasteiger partial charge >= 0.3 is 6.16 Å². The molecule has 1 aliphatic rings. The molecule has 1 saturated heterocycles. The summed E-state index contributed by atoms with van der Waals surface area (Å²) in [6.07, 6.45) is 0.186. The molecule has 1 rings (SSSR count). The molecule has 0 aromatic heterocycles. The molecule has 1 heterocycles. The van der Waals surface area contributed by atoms with Crippen LogP contribution in [0.4, 0.5) is 4.79 Å². The SMILES string of the molecule is CCCC(C)(C)C(CS(C)(=O)=O)OC(=O)ON1C(=O)CCC1=O. The van der Waals surface area contributed by atoms with Crippen LogP contribution in [0, 0.1) is 5.41 Å². The third-order valence-electron chi connectivity index (χ3n) is 3.63. The van der Waals surface area contributed by atoms with Gasteiger partial charge in [0.1, 0.15) is 6.10 Å². The predicted molar refractivity (Wildman–Crippen MR) is 80.8 cm³/mol. The van der Waals surface area contributed by atoms with Crippen molar-refractivity contribution in [3.63, 3.8) is 0 Å². The van der Waals surface area contributed by atoms with Crippen LogP contribution >= 0.6 is 0 Å². The van der Waals surface area contributed by atoms with E-state index in [0.717, 1.165) is 12.7 Å². The Morgan fingerprint density at radius 3 is 2.22 bits per heavy atom. The van der Waals surface area contributed by atoms with Gasteiger partial charge in [0.25, 0.3) is 11.8 Å². The molecule has 0 bridgehead atoms. The molecule has 23 heavy (non-hydrogen) atoms. The molecule has 0 spiro atoms. The highest BCUT2D eigenvalue weighted by Gasteiger charge is 2.38. The maximum atomic E-state index is 11.9. The topological polar surface area (TPSA) is 107 Å². The highest BCUT2D eigenvalue weighted by atomic mass is 32.2. The predicted octanol–water partition coefficient (Wildman–Crippen LogP) is 1.44. The minimum atomic E-state index is -3.40. The Bertz CT molecular complexity index is 566. The Kier molecular flexibility index (Phi) is 6.15. The van der Waals surface area contributed by atoms with Crippen LogP contribution in [0.5, 0.6) is 0 Å². The first-order valence-corrected chi connectivity index (χ1v) is 9.44. The molecular weight excluding hydrogens is 326 g/mol. The highest BCUT2D eigenvalue weighted by Crippen LogP contribution is 2.30. The van der Waals surface area contributed by atoms with E-state index >= 15 is 0 Å². The van der Waals surface area contributed by atoms with Crippen molar-refractivity contribution in [2.45, 2.75) is 52.6 Å². The van der Waals surface area contributed by atoms with Gasteiger partial charge in [-0.2, -0.15) is 0 Å². The van der Waals surface area contributed by atoms with Crippen LogP contribution in [0.15, 0.2) is 0 Å². The van der Waals surface area contributed by atoms with Crippen molar-refractivity contribution in [1.29, 1.82) is 0 Å². The second kappa shape index (κ2) is 7.29. The first-order chi connectivity index (χ1) is 10.5. The lowest BCUT2D eigenvalue weighted by Crippen LogP contribution is -2.41. The average molecular weight is 349 g/mol. The van der Waals surface area contributed by atoms with Gasteiger partial charge in [0, 0.05) is 24.5 Å². The van der Waals surface area contributed by atoms with Crippen molar-refractivity contribution in [2.24, 2.45) is 5.41 Å². The number of carbonyl (C=O) groups excluding carboxylic acids is 3. The number of carbonyl (C=O) groups is 3. The fourth-order valence-corrected chi connectivity index (χ4v) is 3.44. The lowest BCUT2D eigenvalue weighted by atomic mass is 9.83. The van der Waals surface area contributed by atoms with Gasteiger partial charge in [0.2, 0.25) is 0 Å². The molecule has 1 aliphatic heterocycles. The first-order valence-electron chi connectivity index (χ1n) is 7.38.